The minimum absolute atomic E-state index is 0.00363. The molecule has 0 radical (unpaired) electrons. The van der Waals surface area contributed by atoms with Crippen LogP contribution in [-0.4, -0.2) is 59.0 Å². The van der Waals surface area contributed by atoms with Crippen LogP contribution in [0.1, 0.15) is 24.6 Å². The first kappa shape index (κ1) is 18.7. The smallest absolute Gasteiger partial charge is 0.342 e. The van der Waals surface area contributed by atoms with Crippen molar-refractivity contribution in [3.05, 3.63) is 16.6 Å². The topological polar surface area (TPSA) is 53.5 Å². The number of rotatable bonds is 5. The molecule has 0 aliphatic carbocycles. The third-order valence-corrected chi connectivity index (χ3v) is 4.78. The summed E-state index contributed by atoms with van der Waals surface area (Å²) in [5.74, 6) is -1.20. The van der Waals surface area contributed by atoms with Crippen molar-refractivity contribution in [2.45, 2.75) is 32.4 Å². The number of aromatic nitrogens is 1. The molecule has 0 spiro atoms. The third-order valence-electron chi connectivity index (χ3n) is 4.00. The third kappa shape index (κ3) is 5.19. The van der Waals surface area contributed by atoms with Gasteiger partial charge in [-0.25, -0.2) is 0 Å². The number of hydrogen-bond acceptors (Lipinski definition) is 4. The van der Waals surface area contributed by atoms with Gasteiger partial charge in [0.05, 0.1) is 17.8 Å². The Morgan fingerprint density at radius 3 is 2.79 bits per heavy atom. The summed E-state index contributed by atoms with van der Waals surface area (Å²) in [6, 6.07) is 0. The molecule has 1 saturated heterocycles. The van der Waals surface area contributed by atoms with E-state index in [0.717, 1.165) is 9.78 Å². The highest BCUT2D eigenvalue weighted by atomic mass is 32.1. The Balaban J connectivity index is 1.96. The van der Waals surface area contributed by atoms with Gasteiger partial charge in [-0.2, -0.15) is 13.2 Å². The fraction of sp³-hybridized carbons (Fsp3) is 0.667. The second-order valence-electron chi connectivity index (χ2n) is 5.79. The Bertz CT molecular complexity index is 563. The minimum Gasteiger partial charge on any atom is -0.342 e. The molecule has 1 aromatic rings. The fourth-order valence-corrected chi connectivity index (χ4v) is 3.40. The van der Waals surface area contributed by atoms with Gasteiger partial charge in [-0.05, 0) is 19.8 Å². The van der Waals surface area contributed by atoms with E-state index in [-0.39, 0.29) is 25.4 Å². The second-order valence-corrected chi connectivity index (χ2v) is 6.76. The Labute approximate surface area is 142 Å². The van der Waals surface area contributed by atoms with E-state index < -0.39 is 24.5 Å². The monoisotopic (exact) mass is 363 g/mol. The molecule has 2 heterocycles. The quantitative estimate of drug-likeness (QED) is 0.807. The normalized spacial score (nSPS) is 18.5. The number of alkyl halides is 3. The fourth-order valence-electron chi connectivity index (χ4n) is 2.82. The maximum Gasteiger partial charge on any atom is 0.406 e. The number of amides is 2. The molecule has 1 atom stereocenters. The van der Waals surface area contributed by atoms with Gasteiger partial charge in [-0.1, -0.05) is 0 Å². The van der Waals surface area contributed by atoms with E-state index in [2.05, 4.69) is 4.98 Å². The van der Waals surface area contributed by atoms with Crippen LogP contribution >= 0.6 is 11.3 Å². The zero-order valence-corrected chi connectivity index (χ0v) is 14.2. The number of carbonyl (C=O) groups excluding carboxylic acids is 2. The molecular formula is C15H20F3N3O2S. The standard InChI is InChI=1S/C15H20F3N3O2S/c1-2-20(9-15(16,17)18)14(23)11-4-3-5-21(8-11)13(22)6-12-7-19-10-24-12/h7,10-11H,2-6,8-9H2,1H3. The number of carbonyl (C=O) groups is 2. The SMILES string of the molecule is CCN(CC(F)(F)F)C(=O)C1CCCN(C(=O)Cc2cncs2)C1. The summed E-state index contributed by atoms with van der Waals surface area (Å²) >= 11 is 1.38. The maximum absolute atomic E-state index is 12.6. The minimum atomic E-state index is -4.41. The van der Waals surface area contributed by atoms with E-state index >= 15 is 0 Å². The summed E-state index contributed by atoms with van der Waals surface area (Å²) < 4.78 is 37.7. The van der Waals surface area contributed by atoms with Gasteiger partial charge in [0.2, 0.25) is 11.8 Å². The van der Waals surface area contributed by atoms with Crippen molar-refractivity contribution in [2.24, 2.45) is 5.92 Å². The summed E-state index contributed by atoms with van der Waals surface area (Å²) in [6.07, 6.45) is -1.45. The highest BCUT2D eigenvalue weighted by Gasteiger charge is 2.36. The van der Waals surface area contributed by atoms with Crippen LogP contribution in [0.15, 0.2) is 11.7 Å². The van der Waals surface area contributed by atoms with Gasteiger partial charge in [-0.15, -0.1) is 11.3 Å². The Morgan fingerprint density at radius 2 is 2.21 bits per heavy atom. The van der Waals surface area contributed by atoms with E-state index in [9.17, 15) is 22.8 Å². The number of piperidine rings is 1. The van der Waals surface area contributed by atoms with Crippen molar-refractivity contribution in [3.63, 3.8) is 0 Å². The molecule has 24 heavy (non-hydrogen) atoms. The number of nitrogens with zero attached hydrogens (tertiary/aromatic N) is 3. The maximum atomic E-state index is 12.6. The Hall–Kier alpha value is -1.64. The van der Waals surface area contributed by atoms with Crippen molar-refractivity contribution in [3.8, 4) is 0 Å². The lowest BCUT2D eigenvalue weighted by atomic mass is 9.96. The first-order valence-corrected chi connectivity index (χ1v) is 8.68. The molecule has 2 rings (SSSR count). The molecule has 0 N–H and O–H groups in total. The van der Waals surface area contributed by atoms with E-state index in [1.54, 1.807) is 16.6 Å². The molecule has 1 unspecified atom stereocenters. The number of hydrogen-bond donors (Lipinski definition) is 0. The predicted octanol–water partition coefficient (Wildman–Crippen LogP) is 2.34. The molecule has 2 amide bonds. The van der Waals surface area contributed by atoms with Crippen LogP contribution in [0.3, 0.4) is 0 Å². The predicted molar refractivity (Wildman–Crippen MR) is 83.4 cm³/mol. The summed E-state index contributed by atoms with van der Waals surface area (Å²) in [5.41, 5.74) is 1.64. The number of thiazole rings is 1. The van der Waals surface area contributed by atoms with Gasteiger partial charge in [0, 0.05) is 30.7 Å². The van der Waals surface area contributed by atoms with Crippen LogP contribution < -0.4 is 0 Å². The van der Waals surface area contributed by atoms with Gasteiger partial charge in [0.15, 0.2) is 0 Å². The Morgan fingerprint density at radius 1 is 1.46 bits per heavy atom. The average Bonchev–Trinajstić information content (AvgIpc) is 3.04. The summed E-state index contributed by atoms with van der Waals surface area (Å²) in [4.78, 5) is 31.8. The molecule has 9 heteroatoms. The van der Waals surface area contributed by atoms with Crippen molar-refractivity contribution < 1.29 is 22.8 Å². The van der Waals surface area contributed by atoms with Crippen LogP contribution in [0.2, 0.25) is 0 Å². The van der Waals surface area contributed by atoms with Gasteiger partial charge >= 0.3 is 6.18 Å². The first-order chi connectivity index (χ1) is 11.3. The van der Waals surface area contributed by atoms with Gasteiger partial charge < -0.3 is 9.80 Å². The van der Waals surface area contributed by atoms with Crippen LogP contribution in [-0.2, 0) is 16.0 Å². The first-order valence-electron chi connectivity index (χ1n) is 7.81. The van der Waals surface area contributed by atoms with E-state index in [1.807, 2.05) is 0 Å². The van der Waals surface area contributed by atoms with Crippen LogP contribution in [0.25, 0.3) is 0 Å². The van der Waals surface area contributed by atoms with Gasteiger partial charge in [-0.3, -0.25) is 14.6 Å². The highest BCUT2D eigenvalue weighted by Crippen LogP contribution is 2.23. The second kappa shape index (κ2) is 7.96. The zero-order valence-electron chi connectivity index (χ0n) is 13.4. The van der Waals surface area contributed by atoms with E-state index in [4.69, 9.17) is 0 Å². The van der Waals surface area contributed by atoms with Crippen LogP contribution in [0.5, 0.6) is 0 Å². The Kier molecular flexibility index (Phi) is 6.20. The van der Waals surface area contributed by atoms with Gasteiger partial charge in [0.1, 0.15) is 6.54 Å². The van der Waals surface area contributed by atoms with Crippen molar-refractivity contribution in [2.75, 3.05) is 26.2 Å². The van der Waals surface area contributed by atoms with Crippen LogP contribution in [0.4, 0.5) is 13.2 Å². The van der Waals surface area contributed by atoms with Crippen molar-refractivity contribution in [1.29, 1.82) is 0 Å². The molecule has 1 aliphatic rings. The lowest BCUT2D eigenvalue weighted by Gasteiger charge is -2.35. The molecule has 5 nitrogen and oxygen atoms in total. The molecule has 1 fully saturated rings. The number of likely N-dealkylation sites (tertiary alicyclic amines) is 1. The lowest BCUT2D eigenvalue weighted by molar-refractivity contribution is -0.164. The van der Waals surface area contributed by atoms with E-state index in [1.165, 1.54) is 18.3 Å². The molecule has 1 aliphatic heterocycles. The van der Waals surface area contributed by atoms with Gasteiger partial charge in [0.25, 0.3) is 0 Å². The average molecular weight is 363 g/mol. The molecule has 0 saturated carbocycles. The molecule has 134 valence electrons. The molecule has 1 aromatic heterocycles. The largest absolute Gasteiger partial charge is 0.406 e. The van der Waals surface area contributed by atoms with Crippen molar-refractivity contribution >= 4 is 23.2 Å². The molecule has 0 bridgehead atoms. The highest BCUT2D eigenvalue weighted by molar-refractivity contribution is 7.09. The lowest BCUT2D eigenvalue weighted by Crippen LogP contribution is -2.49. The summed E-state index contributed by atoms with van der Waals surface area (Å²) in [7, 11) is 0. The van der Waals surface area contributed by atoms with E-state index in [0.29, 0.717) is 19.4 Å². The zero-order chi connectivity index (χ0) is 17.7. The summed E-state index contributed by atoms with van der Waals surface area (Å²) in [5, 5.41) is 0. The molecular weight excluding hydrogens is 343 g/mol. The molecule has 0 aromatic carbocycles. The number of halogens is 3. The van der Waals surface area contributed by atoms with Crippen molar-refractivity contribution in [1.82, 2.24) is 14.8 Å². The summed E-state index contributed by atoms with van der Waals surface area (Å²) in [6.45, 7) is 1.01. The van der Waals surface area contributed by atoms with Crippen LogP contribution in [0, 0.1) is 5.92 Å².